The molecule has 0 amide bonds. The van der Waals surface area contributed by atoms with Crippen LogP contribution in [0, 0.1) is 16.7 Å². The van der Waals surface area contributed by atoms with Crippen molar-refractivity contribution in [2.24, 2.45) is 16.7 Å². The summed E-state index contributed by atoms with van der Waals surface area (Å²) in [5.74, 6) is 1.97. The molecule has 2 saturated carbocycles. The van der Waals surface area contributed by atoms with Crippen LogP contribution in [0.15, 0.2) is 48.5 Å². The van der Waals surface area contributed by atoms with Crippen LogP contribution in [-0.2, 0) is 24.7 Å². The predicted molar refractivity (Wildman–Crippen MR) is 122 cm³/mol. The Hall–Kier alpha value is -2.39. The van der Waals surface area contributed by atoms with E-state index >= 15 is 0 Å². The summed E-state index contributed by atoms with van der Waals surface area (Å²) in [5.41, 5.74) is 8.17. The number of likely N-dealkylation sites (tertiary alicyclic amines) is 1. The van der Waals surface area contributed by atoms with E-state index in [0.29, 0.717) is 10.8 Å². The minimum Gasteiger partial charge on any atom is -0.497 e. The molecule has 2 aromatic carbocycles. The smallest absolute Gasteiger partial charge is 0.119 e. The van der Waals surface area contributed by atoms with Crippen LogP contribution in [0.5, 0.6) is 5.75 Å². The molecule has 3 atom stereocenters. The first-order chi connectivity index (χ1) is 15.2. The molecule has 1 aliphatic heterocycles. The summed E-state index contributed by atoms with van der Waals surface area (Å²) in [6.07, 6.45) is 6.42. The van der Waals surface area contributed by atoms with E-state index in [0.717, 1.165) is 23.6 Å². The van der Waals surface area contributed by atoms with Crippen molar-refractivity contribution < 1.29 is 4.74 Å². The first kappa shape index (κ1) is 17.2. The lowest BCUT2D eigenvalue weighted by molar-refractivity contribution is 0.214. The van der Waals surface area contributed by atoms with Gasteiger partial charge < -0.3 is 9.64 Å². The van der Waals surface area contributed by atoms with Crippen molar-refractivity contribution in [1.82, 2.24) is 9.88 Å². The van der Waals surface area contributed by atoms with Gasteiger partial charge in [0, 0.05) is 53.4 Å². The van der Waals surface area contributed by atoms with Crippen LogP contribution in [0.2, 0.25) is 0 Å². The SMILES string of the molecule is COc1ccc2c(c1)C13Cc4nc5ccccc5cc4CC14CN(CC1CC1)CC43C2. The summed E-state index contributed by atoms with van der Waals surface area (Å²) < 4.78 is 5.68. The molecule has 0 bridgehead atoms. The number of benzene rings is 2. The number of hydrogen-bond acceptors (Lipinski definition) is 3. The molecule has 31 heavy (non-hydrogen) atoms. The first-order valence-corrected chi connectivity index (χ1v) is 12.0. The Morgan fingerprint density at radius 3 is 2.58 bits per heavy atom. The fraction of sp³-hybridized carbons (Fsp3) is 0.464. The standard InChI is InChI=1S/C28H28N2O/c1-31-22-9-8-20-12-26-16-30(15-18-6-7-18)17-27(26)13-21-10-19-4-2-3-5-24(19)29-25(21)14-28(26,27)23(20)11-22/h2-5,8-11,18H,6-7,12-17H2,1H3. The third kappa shape index (κ3) is 1.86. The molecular weight excluding hydrogens is 380 g/mol. The summed E-state index contributed by atoms with van der Waals surface area (Å²) in [4.78, 5) is 8.05. The lowest BCUT2D eigenvalue weighted by Gasteiger charge is -2.36. The lowest BCUT2D eigenvalue weighted by Crippen LogP contribution is -2.40. The van der Waals surface area contributed by atoms with E-state index in [1.165, 1.54) is 62.0 Å². The minimum atomic E-state index is 0.256. The predicted octanol–water partition coefficient (Wildman–Crippen LogP) is 4.55. The number of para-hydroxylation sites is 1. The second-order valence-electron chi connectivity index (χ2n) is 11.0. The average Bonchev–Trinajstić information content (AvgIpc) is 3.60. The molecule has 0 radical (unpaired) electrons. The van der Waals surface area contributed by atoms with Crippen LogP contribution in [0.1, 0.15) is 35.2 Å². The third-order valence-corrected chi connectivity index (χ3v) is 9.77. The van der Waals surface area contributed by atoms with Gasteiger partial charge in [0.15, 0.2) is 0 Å². The normalized spacial score (nSPS) is 34.6. The van der Waals surface area contributed by atoms with Gasteiger partial charge in [0.05, 0.1) is 12.6 Å². The van der Waals surface area contributed by atoms with Crippen LogP contribution >= 0.6 is 0 Å². The van der Waals surface area contributed by atoms with Gasteiger partial charge in [-0.1, -0.05) is 24.3 Å². The Morgan fingerprint density at radius 1 is 0.968 bits per heavy atom. The Morgan fingerprint density at radius 2 is 1.77 bits per heavy atom. The quantitative estimate of drug-likeness (QED) is 0.636. The number of methoxy groups -OCH3 is 1. The zero-order valence-electron chi connectivity index (χ0n) is 18.2. The van der Waals surface area contributed by atoms with Crippen molar-refractivity contribution in [2.45, 2.75) is 37.5 Å². The zero-order valence-corrected chi connectivity index (χ0v) is 18.2. The zero-order chi connectivity index (χ0) is 20.4. The summed E-state index contributed by atoms with van der Waals surface area (Å²) in [6.45, 7) is 3.86. The van der Waals surface area contributed by atoms with Crippen molar-refractivity contribution in [1.29, 1.82) is 0 Å². The van der Waals surface area contributed by atoms with Gasteiger partial charge in [-0.15, -0.1) is 0 Å². The molecule has 3 spiro atoms. The van der Waals surface area contributed by atoms with Gasteiger partial charge >= 0.3 is 0 Å². The molecular formula is C28H28N2O. The molecule has 5 aliphatic rings. The lowest BCUT2D eigenvalue weighted by atomic mass is 9.72. The molecule has 3 unspecified atom stereocenters. The fourth-order valence-corrected chi connectivity index (χ4v) is 8.46. The average molecular weight is 409 g/mol. The number of pyridine rings is 1. The van der Waals surface area contributed by atoms with Gasteiger partial charge in [-0.05, 0) is 72.6 Å². The largest absolute Gasteiger partial charge is 0.497 e. The van der Waals surface area contributed by atoms with Crippen LogP contribution < -0.4 is 4.74 Å². The Balaban J connectivity index is 1.31. The van der Waals surface area contributed by atoms with Gasteiger partial charge in [0.2, 0.25) is 0 Å². The summed E-state index contributed by atoms with van der Waals surface area (Å²) >= 11 is 0. The minimum absolute atomic E-state index is 0.256. The van der Waals surface area contributed by atoms with Crippen molar-refractivity contribution >= 4 is 10.9 Å². The Kier molecular flexibility index (Phi) is 2.95. The van der Waals surface area contributed by atoms with Crippen molar-refractivity contribution in [3.05, 3.63) is 70.9 Å². The van der Waals surface area contributed by atoms with Gasteiger partial charge in [-0.25, -0.2) is 0 Å². The molecule has 3 fully saturated rings. The Labute approximate surface area is 183 Å². The van der Waals surface area contributed by atoms with Crippen LogP contribution in [-0.4, -0.2) is 36.6 Å². The summed E-state index contributed by atoms with van der Waals surface area (Å²) in [6, 6.07) is 18.0. The van der Waals surface area contributed by atoms with Crippen molar-refractivity contribution in [3.63, 3.8) is 0 Å². The van der Waals surface area contributed by atoms with E-state index in [1.807, 2.05) is 0 Å². The molecule has 1 aromatic heterocycles. The van der Waals surface area contributed by atoms with E-state index in [1.54, 1.807) is 18.2 Å². The Bertz CT molecular complexity index is 1280. The first-order valence-electron chi connectivity index (χ1n) is 12.0. The van der Waals surface area contributed by atoms with Gasteiger partial charge in [0.1, 0.15) is 5.75 Å². The van der Waals surface area contributed by atoms with Crippen molar-refractivity contribution in [2.75, 3.05) is 26.7 Å². The molecule has 8 rings (SSSR count). The maximum atomic E-state index is 5.68. The fourth-order valence-electron chi connectivity index (χ4n) is 8.46. The summed E-state index contributed by atoms with van der Waals surface area (Å²) in [5, 5.41) is 1.29. The number of nitrogens with zero attached hydrogens (tertiary/aromatic N) is 2. The highest BCUT2D eigenvalue weighted by Gasteiger charge is 2.91. The van der Waals surface area contributed by atoms with Crippen LogP contribution in [0.25, 0.3) is 10.9 Å². The number of hydrogen-bond donors (Lipinski definition) is 0. The topological polar surface area (TPSA) is 25.4 Å². The van der Waals surface area contributed by atoms with Crippen LogP contribution in [0.3, 0.4) is 0 Å². The second kappa shape index (κ2) is 5.32. The third-order valence-electron chi connectivity index (χ3n) is 9.77. The summed E-state index contributed by atoms with van der Waals surface area (Å²) in [7, 11) is 1.80. The number of piperidine rings is 1. The van der Waals surface area contributed by atoms with E-state index in [4.69, 9.17) is 9.72 Å². The van der Waals surface area contributed by atoms with Gasteiger partial charge in [-0.2, -0.15) is 0 Å². The molecule has 3 heteroatoms. The molecule has 1 saturated heterocycles. The molecule has 3 nitrogen and oxygen atoms in total. The van der Waals surface area contributed by atoms with E-state index in [-0.39, 0.29) is 5.41 Å². The molecule has 0 N–H and O–H groups in total. The molecule has 156 valence electrons. The highest BCUT2D eigenvalue weighted by atomic mass is 16.5. The second-order valence-corrected chi connectivity index (χ2v) is 11.0. The number of aromatic nitrogens is 1. The van der Waals surface area contributed by atoms with Gasteiger partial charge in [-0.3, -0.25) is 4.98 Å². The highest BCUT2D eigenvalue weighted by Crippen LogP contribution is 2.88. The van der Waals surface area contributed by atoms with E-state index in [9.17, 15) is 0 Å². The highest BCUT2D eigenvalue weighted by molar-refractivity contribution is 5.80. The van der Waals surface area contributed by atoms with Crippen molar-refractivity contribution in [3.8, 4) is 5.75 Å². The number of ether oxygens (including phenoxy) is 1. The molecule has 2 heterocycles. The maximum Gasteiger partial charge on any atom is 0.119 e. The van der Waals surface area contributed by atoms with Gasteiger partial charge in [0.25, 0.3) is 0 Å². The van der Waals surface area contributed by atoms with E-state index in [2.05, 4.69) is 53.4 Å². The van der Waals surface area contributed by atoms with Crippen LogP contribution in [0.4, 0.5) is 0 Å². The number of fused-ring (bicyclic) bond motifs is 3. The van der Waals surface area contributed by atoms with E-state index < -0.39 is 0 Å². The molecule has 3 aromatic rings. The maximum absolute atomic E-state index is 5.68. The number of rotatable bonds is 3. The monoisotopic (exact) mass is 408 g/mol. The molecule has 4 aliphatic carbocycles.